The van der Waals surface area contributed by atoms with E-state index in [1.807, 2.05) is 0 Å². The fraction of sp³-hybridized carbons (Fsp3) is 0.481. The van der Waals surface area contributed by atoms with Crippen LogP contribution in [-0.2, 0) is 25.6 Å². The number of imidazole rings is 1. The van der Waals surface area contributed by atoms with Gasteiger partial charge in [0.05, 0.1) is 30.4 Å². The highest BCUT2D eigenvalue weighted by molar-refractivity contribution is 7.85. The smallest absolute Gasteiger partial charge is 0.362 e. The number of carbonyl (C=O) groups excluding carboxylic acids is 1. The van der Waals surface area contributed by atoms with E-state index in [0.717, 1.165) is 25.0 Å². The van der Waals surface area contributed by atoms with Gasteiger partial charge in [-0.25, -0.2) is 9.71 Å². The minimum atomic E-state index is -4.69. The van der Waals surface area contributed by atoms with Crippen molar-refractivity contribution in [2.24, 2.45) is 0 Å². The third-order valence-electron chi connectivity index (χ3n) is 7.33. The number of aliphatic hydroxyl groups excluding tert-OH is 2. The standard InChI is InChI=1S/C27H35N9O8S/c1-2-3-4-5-6-7-10-16-13-36(34-32-16)27-30-23(28)20-24(31-27)35(15-29-20)26-22(39)21(38)19(44-26)14-43-45(41,42)33-25(40)17-11-8-9-12-18(17)37/h8-9,11-13,15,19,21-22,26,37-39H,2-7,10,14H2,1H3,(H,33,40)(H2,28,30,31)/t19-,21-,22-,26-/m0/s1. The zero-order valence-corrected chi connectivity index (χ0v) is 25.2. The highest BCUT2D eigenvalue weighted by atomic mass is 32.2. The maximum Gasteiger partial charge on any atom is 0.362 e. The van der Waals surface area contributed by atoms with Gasteiger partial charge < -0.3 is 25.8 Å². The number of carbonyl (C=O) groups is 1. The van der Waals surface area contributed by atoms with Crippen LogP contribution in [0.3, 0.4) is 0 Å². The maximum atomic E-state index is 12.4. The number of para-hydroxylation sites is 1. The van der Waals surface area contributed by atoms with Gasteiger partial charge in [0.15, 0.2) is 17.7 Å². The minimum Gasteiger partial charge on any atom is -0.507 e. The molecule has 3 aromatic heterocycles. The summed E-state index contributed by atoms with van der Waals surface area (Å²) in [6.45, 7) is 1.42. The lowest BCUT2D eigenvalue weighted by atomic mass is 10.1. The molecule has 242 valence electrons. The molecule has 45 heavy (non-hydrogen) atoms. The molecule has 1 fully saturated rings. The second-order valence-electron chi connectivity index (χ2n) is 10.6. The number of nitrogens with two attached hydrogens (primary N) is 1. The Kier molecular flexibility index (Phi) is 9.88. The first-order valence-corrected chi connectivity index (χ1v) is 15.9. The number of aromatic nitrogens is 7. The number of amides is 1. The Balaban J connectivity index is 1.26. The highest BCUT2D eigenvalue weighted by Crippen LogP contribution is 2.32. The molecule has 4 heterocycles. The predicted octanol–water partition coefficient (Wildman–Crippen LogP) is 0.908. The van der Waals surface area contributed by atoms with Crippen LogP contribution in [0.2, 0.25) is 0 Å². The molecule has 18 heteroatoms. The van der Waals surface area contributed by atoms with Crippen molar-refractivity contribution in [2.45, 2.75) is 76.4 Å². The summed E-state index contributed by atoms with van der Waals surface area (Å²) < 4.78 is 39.7. The van der Waals surface area contributed by atoms with Crippen molar-refractivity contribution >= 4 is 33.2 Å². The van der Waals surface area contributed by atoms with Crippen LogP contribution in [0.5, 0.6) is 5.75 Å². The molecule has 17 nitrogen and oxygen atoms in total. The second-order valence-corrected chi connectivity index (χ2v) is 12.0. The normalized spacial score (nSPS) is 20.2. The molecule has 1 aliphatic heterocycles. The predicted molar refractivity (Wildman–Crippen MR) is 158 cm³/mol. The van der Waals surface area contributed by atoms with E-state index in [1.54, 1.807) is 10.9 Å². The van der Waals surface area contributed by atoms with Crippen molar-refractivity contribution in [3.8, 4) is 11.7 Å². The first-order valence-electron chi connectivity index (χ1n) is 14.5. The molecule has 4 aromatic rings. The van der Waals surface area contributed by atoms with Crippen LogP contribution in [0.25, 0.3) is 17.1 Å². The number of hydrogen-bond acceptors (Lipinski definition) is 14. The minimum absolute atomic E-state index is 0.0286. The molecule has 1 aliphatic rings. The topological polar surface area (TPSA) is 243 Å². The van der Waals surface area contributed by atoms with Gasteiger partial charge in [0, 0.05) is 0 Å². The van der Waals surface area contributed by atoms with Crippen LogP contribution in [0, 0.1) is 0 Å². The summed E-state index contributed by atoms with van der Waals surface area (Å²) in [5.74, 6) is -1.43. The number of fused-ring (bicyclic) bond motifs is 1. The van der Waals surface area contributed by atoms with Crippen LogP contribution < -0.4 is 10.5 Å². The summed E-state index contributed by atoms with van der Waals surface area (Å²) in [4.78, 5) is 25.3. The van der Waals surface area contributed by atoms with Gasteiger partial charge in [0.25, 0.3) is 11.9 Å². The largest absolute Gasteiger partial charge is 0.507 e. The van der Waals surface area contributed by atoms with Gasteiger partial charge in [-0.2, -0.15) is 23.1 Å². The molecule has 1 amide bonds. The Hall–Kier alpha value is -4.23. The first kappa shape index (κ1) is 32.2. The quantitative estimate of drug-likeness (QED) is 0.120. The number of benzene rings is 1. The van der Waals surface area contributed by atoms with Crippen LogP contribution in [0.1, 0.15) is 67.7 Å². The summed E-state index contributed by atoms with van der Waals surface area (Å²) in [6.07, 6.45) is 4.89. The lowest BCUT2D eigenvalue weighted by molar-refractivity contribution is -0.0468. The van der Waals surface area contributed by atoms with E-state index in [1.165, 1.54) is 65.5 Å². The Morgan fingerprint density at radius 1 is 1.11 bits per heavy atom. The number of hydrogen-bond donors (Lipinski definition) is 5. The van der Waals surface area contributed by atoms with Crippen molar-refractivity contribution in [3.05, 3.63) is 48.0 Å². The van der Waals surface area contributed by atoms with E-state index >= 15 is 0 Å². The molecule has 6 N–H and O–H groups in total. The lowest BCUT2D eigenvalue weighted by Gasteiger charge is -2.16. The average Bonchev–Trinajstić information content (AvgIpc) is 3.72. The third-order valence-corrected chi connectivity index (χ3v) is 8.22. The molecular formula is C27H35N9O8S. The monoisotopic (exact) mass is 645 g/mol. The van der Waals surface area contributed by atoms with E-state index in [9.17, 15) is 28.5 Å². The van der Waals surface area contributed by atoms with E-state index < -0.39 is 53.1 Å². The molecule has 1 aromatic carbocycles. The van der Waals surface area contributed by atoms with Gasteiger partial charge in [0.1, 0.15) is 29.6 Å². The summed E-state index contributed by atoms with van der Waals surface area (Å²) in [6, 6.07) is 5.34. The van der Waals surface area contributed by atoms with Gasteiger partial charge in [-0.1, -0.05) is 56.4 Å². The Morgan fingerprint density at radius 3 is 2.64 bits per heavy atom. The molecule has 0 saturated carbocycles. The maximum absolute atomic E-state index is 12.4. The van der Waals surface area contributed by atoms with Crippen molar-refractivity contribution < 1.29 is 37.5 Å². The highest BCUT2D eigenvalue weighted by Gasteiger charge is 2.45. The number of rotatable bonds is 14. The van der Waals surface area contributed by atoms with Crippen LogP contribution in [0.4, 0.5) is 5.82 Å². The van der Waals surface area contributed by atoms with E-state index in [-0.39, 0.29) is 28.5 Å². The molecule has 0 bridgehead atoms. The number of nitrogens with one attached hydrogen (secondary N) is 1. The summed E-state index contributed by atoms with van der Waals surface area (Å²) in [5.41, 5.74) is 6.99. The van der Waals surface area contributed by atoms with Crippen LogP contribution in [-0.4, -0.2) is 89.1 Å². The molecule has 0 spiro atoms. The Morgan fingerprint density at radius 2 is 1.87 bits per heavy atom. The average molecular weight is 646 g/mol. The summed E-state index contributed by atoms with van der Waals surface area (Å²) >= 11 is 0. The van der Waals surface area contributed by atoms with E-state index in [0.29, 0.717) is 0 Å². The Bertz CT molecular complexity index is 1740. The number of unbranched alkanes of at least 4 members (excludes halogenated alkanes) is 5. The van der Waals surface area contributed by atoms with Gasteiger partial charge >= 0.3 is 10.3 Å². The zero-order chi connectivity index (χ0) is 32.1. The van der Waals surface area contributed by atoms with Gasteiger partial charge in [0.2, 0.25) is 0 Å². The van der Waals surface area contributed by atoms with E-state index in [2.05, 4.69) is 32.2 Å². The molecular weight excluding hydrogens is 610 g/mol. The number of phenolic OH excluding ortho intramolecular Hbond substituents is 1. The Labute approximate surface area is 258 Å². The SMILES string of the molecule is CCCCCCCCc1cn(-c2nc(N)c3ncn([C@H]4O[C@@H](COS(=O)(=O)NC(=O)c5ccccc5O)[C@H](O)[C@@H]4O)c3n2)nn1. The number of aliphatic hydroxyl groups is 2. The number of nitrogen functional groups attached to an aromatic ring is 1. The molecule has 0 aliphatic carbocycles. The van der Waals surface area contributed by atoms with Crippen LogP contribution in [0.15, 0.2) is 36.8 Å². The molecule has 1 saturated heterocycles. The number of phenols is 1. The van der Waals surface area contributed by atoms with E-state index in [4.69, 9.17) is 14.7 Å². The second kappa shape index (κ2) is 13.8. The van der Waals surface area contributed by atoms with Crippen molar-refractivity contribution in [1.29, 1.82) is 0 Å². The van der Waals surface area contributed by atoms with Crippen molar-refractivity contribution in [3.63, 3.8) is 0 Å². The van der Waals surface area contributed by atoms with Crippen LogP contribution >= 0.6 is 0 Å². The number of anilines is 1. The van der Waals surface area contributed by atoms with Gasteiger partial charge in [-0.15, -0.1) is 5.10 Å². The molecule has 4 atom stereocenters. The lowest BCUT2D eigenvalue weighted by Crippen LogP contribution is -2.37. The molecule has 5 rings (SSSR count). The number of ether oxygens (including phenoxy) is 1. The molecule has 0 unspecified atom stereocenters. The molecule has 0 radical (unpaired) electrons. The van der Waals surface area contributed by atoms with Crippen molar-refractivity contribution in [2.75, 3.05) is 12.3 Å². The van der Waals surface area contributed by atoms with Gasteiger partial charge in [-0.05, 0) is 25.0 Å². The number of aromatic hydroxyl groups is 1. The van der Waals surface area contributed by atoms with Crippen molar-refractivity contribution in [1.82, 2.24) is 39.2 Å². The summed E-state index contributed by atoms with van der Waals surface area (Å²) in [5, 5.41) is 39.5. The number of nitrogens with zero attached hydrogens (tertiary/aromatic N) is 7. The first-order chi connectivity index (χ1) is 21.6. The summed E-state index contributed by atoms with van der Waals surface area (Å²) in [7, 11) is -4.69. The fourth-order valence-electron chi connectivity index (χ4n) is 4.93. The zero-order valence-electron chi connectivity index (χ0n) is 24.4. The number of aryl methyl sites for hydroxylation is 1. The fourth-order valence-corrected chi connectivity index (χ4v) is 5.64. The van der Waals surface area contributed by atoms with Gasteiger partial charge in [-0.3, -0.25) is 13.5 Å². The third kappa shape index (κ3) is 7.36.